The molecule has 1 amide bonds. The number of nitro benzene ring substituents is 1. The number of nitrogens with one attached hydrogen (secondary N) is 1. The van der Waals surface area contributed by atoms with Gasteiger partial charge >= 0.3 is 0 Å². The van der Waals surface area contributed by atoms with E-state index in [0.717, 1.165) is 12.3 Å². The van der Waals surface area contributed by atoms with E-state index in [2.05, 4.69) is 5.32 Å². The van der Waals surface area contributed by atoms with E-state index in [4.69, 9.17) is 5.73 Å². The molecule has 6 heteroatoms. The average molecular weight is 263 g/mol. The minimum atomic E-state index is -0.666. The van der Waals surface area contributed by atoms with Crippen molar-refractivity contribution in [2.24, 2.45) is 11.7 Å². The van der Waals surface area contributed by atoms with Gasteiger partial charge in [-0.3, -0.25) is 14.9 Å². The largest absolute Gasteiger partial charge is 0.377 e. The Morgan fingerprint density at radius 3 is 2.79 bits per heavy atom. The number of carbonyl (C=O) groups is 1. The molecule has 0 aromatic heterocycles. The number of benzene rings is 1. The maximum atomic E-state index is 11.0. The zero-order valence-corrected chi connectivity index (χ0v) is 10.8. The summed E-state index contributed by atoms with van der Waals surface area (Å²) in [4.78, 5) is 21.6. The van der Waals surface area contributed by atoms with Gasteiger partial charge in [-0.1, -0.05) is 12.8 Å². The SMILES string of the molecule is CC(CC1CC1)Nc1ccc(C(N)=O)cc1[N+](=O)[O-]. The number of rotatable bonds is 6. The van der Waals surface area contributed by atoms with Crippen LogP contribution in [-0.4, -0.2) is 16.9 Å². The number of primary amides is 1. The first-order valence-electron chi connectivity index (χ1n) is 6.32. The van der Waals surface area contributed by atoms with Crippen molar-refractivity contribution in [3.63, 3.8) is 0 Å². The first-order chi connectivity index (χ1) is 8.97. The Morgan fingerprint density at radius 2 is 2.26 bits per heavy atom. The van der Waals surface area contributed by atoms with Gasteiger partial charge in [0.2, 0.25) is 5.91 Å². The summed E-state index contributed by atoms with van der Waals surface area (Å²) in [5.41, 5.74) is 5.59. The van der Waals surface area contributed by atoms with Gasteiger partial charge in [0.1, 0.15) is 5.69 Å². The minimum Gasteiger partial charge on any atom is -0.377 e. The molecule has 0 saturated heterocycles. The van der Waals surface area contributed by atoms with E-state index >= 15 is 0 Å². The quantitative estimate of drug-likeness (QED) is 0.607. The van der Waals surface area contributed by atoms with E-state index in [1.165, 1.54) is 25.0 Å². The van der Waals surface area contributed by atoms with Crippen molar-refractivity contribution in [2.45, 2.75) is 32.2 Å². The van der Waals surface area contributed by atoms with Crippen LogP contribution in [0.5, 0.6) is 0 Å². The molecule has 6 nitrogen and oxygen atoms in total. The fraction of sp³-hybridized carbons (Fsp3) is 0.462. The third-order valence-electron chi connectivity index (χ3n) is 3.26. The average Bonchev–Trinajstić information content (AvgIpc) is 3.12. The van der Waals surface area contributed by atoms with Crippen molar-refractivity contribution in [1.82, 2.24) is 0 Å². The highest BCUT2D eigenvalue weighted by Crippen LogP contribution is 2.35. The number of carbonyl (C=O) groups excluding carboxylic acids is 1. The molecule has 1 aromatic carbocycles. The second kappa shape index (κ2) is 5.26. The highest BCUT2D eigenvalue weighted by molar-refractivity contribution is 5.94. The summed E-state index contributed by atoms with van der Waals surface area (Å²) < 4.78 is 0. The second-order valence-corrected chi connectivity index (χ2v) is 5.08. The number of nitrogens with zero attached hydrogens (tertiary/aromatic N) is 1. The highest BCUT2D eigenvalue weighted by atomic mass is 16.6. The first-order valence-corrected chi connectivity index (χ1v) is 6.32. The first kappa shape index (κ1) is 13.3. The Balaban J connectivity index is 2.17. The monoisotopic (exact) mass is 263 g/mol. The van der Waals surface area contributed by atoms with Crippen LogP contribution in [0.1, 0.15) is 36.5 Å². The van der Waals surface area contributed by atoms with Crippen LogP contribution in [0, 0.1) is 16.0 Å². The lowest BCUT2D eigenvalue weighted by atomic mass is 10.1. The van der Waals surface area contributed by atoms with Crippen molar-refractivity contribution in [2.75, 3.05) is 5.32 Å². The van der Waals surface area contributed by atoms with Crippen molar-refractivity contribution >= 4 is 17.3 Å². The minimum absolute atomic E-state index is 0.112. The van der Waals surface area contributed by atoms with Crippen LogP contribution >= 0.6 is 0 Å². The smallest absolute Gasteiger partial charge is 0.293 e. The summed E-state index contributed by atoms with van der Waals surface area (Å²) in [6.45, 7) is 2.00. The Bertz CT molecular complexity index is 512. The molecule has 1 aliphatic carbocycles. The van der Waals surface area contributed by atoms with Gasteiger partial charge in [0.25, 0.3) is 5.69 Å². The van der Waals surface area contributed by atoms with Crippen LogP contribution in [0.3, 0.4) is 0 Å². The molecule has 0 bridgehead atoms. The van der Waals surface area contributed by atoms with Crippen LogP contribution in [-0.2, 0) is 0 Å². The highest BCUT2D eigenvalue weighted by Gasteiger charge is 2.25. The van der Waals surface area contributed by atoms with Crippen LogP contribution in [0.2, 0.25) is 0 Å². The van der Waals surface area contributed by atoms with Crippen LogP contribution in [0.15, 0.2) is 18.2 Å². The van der Waals surface area contributed by atoms with Gasteiger partial charge in [-0.05, 0) is 31.4 Å². The van der Waals surface area contributed by atoms with Gasteiger partial charge in [-0.25, -0.2) is 0 Å². The molecule has 1 aliphatic rings. The predicted molar refractivity (Wildman–Crippen MR) is 72.0 cm³/mol. The van der Waals surface area contributed by atoms with Crippen molar-refractivity contribution in [1.29, 1.82) is 0 Å². The Hall–Kier alpha value is -2.11. The van der Waals surface area contributed by atoms with Crippen molar-refractivity contribution in [3.8, 4) is 0 Å². The molecule has 102 valence electrons. The van der Waals surface area contributed by atoms with Gasteiger partial charge < -0.3 is 11.1 Å². The van der Waals surface area contributed by atoms with E-state index in [0.29, 0.717) is 5.69 Å². The molecule has 0 radical (unpaired) electrons. The van der Waals surface area contributed by atoms with Gasteiger partial charge in [-0.15, -0.1) is 0 Å². The van der Waals surface area contributed by atoms with E-state index in [9.17, 15) is 14.9 Å². The molecule has 1 atom stereocenters. The summed E-state index contributed by atoms with van der Waals surface area (Å²) in [6.07, 6.45) is 3.50. The molecule has 2 rings (SSSR count). The molecular weight excluding hydrogens is 246 g/mol. The van der Waals surface area contributed by atoms with Gasteiger partial charge in [0, 0.05) is 17.7 Å². The summed E-state index contributed by atoms with van der Waals surface area (Å²) in [6, 6.07) is 4.43. The molecule has 1 unspecified atom stereocenters. The molecular formula is C13H17N3O3. The number of nitrogens with two attached hydrogens (primary N) is 1. The lowest BCUT2D eigenvalue weighted by molar-refractivity contribution is -0.384. The predicted octanol–water partition coefficient (Wildman–Crippen LogP) is 2.29. The molecule has 1 aromatic rings. The van der Waals surface area contributed by atoms with Crippen molar-refractivity contribution < 1.29 is 9.72 Å². The third-order valence-corrected chi connectivity index (χ3v) is 3.26. The van der Waals surface area contributed by atoms with Crippen LogP contribution in [0.25, 0.3) is 0 Å². The maximum absolute atomic E-state index is 11.0. The zero-order valence-electron chi connectivity index (χ0n) is 10.8. The maximum Gasteiger partial charge on any atom is 0.293 e. The summed E-state index contributed by atoms with van der Waals surface area (Å²) >= 11 is 0. The van der Waals surface area contributed by atoms with E-state index in [1.54, 1.807) is 6.07 Å². The topological polar surface area (TPSA) is 98.3 Å². The molecule has 0 aliphatic heterocycles. The van der Waals surface area contributed by atoms with E-state index in [-0.39, 0.29) is 17.3 Å². The Kier molecular flexibility index (Phi) is 3.69. The number of nitro groups is 1. The summed E-state index contributed by atoms with van der Waals surface area (Å²) in [5.74, 6) is 0.0760. The molecule has 3 N–H and O–H groups in total. The Morgan fingerprint density at radius 1 is 1.58 bits per heavy atom. The number of hydrogen-bond acceptors (Lipinski definition) is 4. The molecule has 0 spiro atoms. The standard InChI is InChI=1S/C13H17N3O3/c1-8(6-9-2-3-9)15-11-5-4-10(13(14)17)7-12(11)16(18)19/h4-5,7-9,15H,2-3,6H2,1H3,(H2,14,17). The fourth-order valence-corrected chi connectivity index (χ4v) is 2.14. The van der Waals surface area contributed by atoms with Gasteiger partial charge in [0.15, 0.2) is 0 Å². The lowest BCUT2D eigenvalue weighted by Crippen LogP contribution is -2.17. The zero-order chi connectivity index (χ0) is 14.0. The van der Waals surface area contributed by atoms with Crippen LogP contribution in [0.4, 0.5) is 11.4 Å². The summed E-state index contributed by atoms with van der Waals surface area (Å²) in [5, 5.41) is 14.2. The molecule has 0 heterocycles. The fourth-order valence-electron chi connectivity index (χ4n) is 2.14. The summed E-state index contributed by atoms with van der Waals surface area (Å²) in [7, 11) is 0. The molecule has 1 fully saturated rings. The van der Waals surface area contributed by atoms with Gasteiger partial charge in [-0.2, -0.15) is 0 Å². The van der Waals surface area contributed by atoms with Crippen LogP contribution < -0.4 is 11.1 Å². The second-order valence-electron chi connectivity index (χ2n) is 5.08. The number of anilines is 1. The molecule has 1 saturated carbocycles. The number of amides is 1. The number of hydrogen-bond donors (Lipinski definition) is 2. The third kappa shape index (κ3) is 3.43. The van der Waals surface area contributed by atoms with E-state index in [1.807, 2.05) is 6.92 Å². The van der Waals surface area contributed by atoms with Gasteiger partial charge in [0.05, 0.1) is 4.92 Å². The van der Waals surface area contributed by atoms with Crippen molar-refractivity contribution in [3.05, 3.63) is 33.9 Å². The van der Waals surface area contributed by atoms with E-state index < -0.39 is 10.8 Å². The molecule has 19 heavy (non-hydrogen) atoms. The Labute approximate surface area is 111 Å². The lowest BCUT2D eigenvalue weighted by Gasteiger charge is -2.15. The normalized spacial score (nSPS) is 15.8.